The van der Waals surface area contributed by atoms with Gasteiger partial charge in [-0.05, 0) is 12.3 Å². The van der Waals surface area contributed by atoms with Gasteiger partial charge >= 0.3 is 15.6 Å². The predicted molar refractivity (Wildman–Crippen MR) is 154 cm³/mol. The third kappa shape index (κ3) is 4.75. The van der Waals surface area contributed by atoms with E-state index in [1.807, 2.05) is 0 Å². The van der Waals surface area contributed by atoms with E-state index in [1.54, 1.807) is 4.57 Å². The minimum absolute atomic E-state index is 0.0133. The Hall–Kier alpha value is -3.40. The maximum absolute atomic E-state index is 13.6. The second kappa shape index (κ2) is 10.5. The first-order chi connectivity index (χ1) is 22.4. The average Bonchev–Trinajstić information content (AvgIpc) is 3.46. The Bertz CT molecular complexity index is 2060. The first-order valence-electron chi connectivity index (χ1n) is 14.2. The number of H-pyrrole nitrogens is 1. The lowest BCUT2D eigenvalue weighted by Crippen LogP contribution is -2.37. The maximum Gasteiger partial charge on any atom is 0.473 e. The van der Waals surface area contributed by atoms with E-state index in [-0.39, 0.29) is 28.8 Å². The summed E-state index contributed by atoms with van der Waals surface area (Å²) in [4.78, 5) is 56.6. The van der Waals surface area contributed by atoms with E-state index in [0.29, 0.717) is 17.6 Å². The number of nitrogens with zero attached hydrogens (tertiary/aromatic N) is 7. The number of aromatic amines is 1. The molecule has 2 saturated heterocycles. The van der Waals surface area contributed by atoms with Crippen LogP contribution in [0.5, 0.6) is 0 Å². The summed E-state index contributed by atoms with van der Waals surface area (Å²) >= 11 is 0. The van der Waals surface area contributed by atoms with Gasteiger partial charge in [-0.3, -0.25) is 32.4 Å². The van der Waals surface area contributed by atoms with Gasteiger partial charge in [-0.1, -0.05) is 0 Å². The van der Waals surface area contributed by atoms with Gasteiger partial charge in [-0.2, -0.15) is 4.98 Å². The van der Waals surface area contributed by atoms with Crippen LogP contribution in [0.25, 0.3) is 22.3 Å². The molecule has 6 heterocycles. The van der Waals surface area contributed by atoms with Crippen LogP contribution in [0.1, 0.15) is 18.7 Å². The van der Waals surface area contributed by atoms with Crippen molar-refractivity contribution in [2.45, 2.75) is 49.2 Å². The predicted octanol–water partition coefficient (Wildman–Crippen LogP) is -1.02. The molecule has 4 aromatic rings. The zero-order chi connectivity index (χ0) is 33.0. The third-order valence-corrected chi connectivity index (χ3v) is 11.2. The molecule has 8 rings (SSSR count). The van der Waals surface area contributed by atoms with E-state index in [0.717, 1.165) is 0 Å². The zero-order valence-corrected chi connectivity index (χ0v) is 26.0. The van der Waals surface area contributed by atoms with Crippen LogP contribution >= 0.6 is 15.6 Å². The van der Waals surface area contributed by atoms with Crippen molar-refractivity contribution in [3.63, 3.8) is 0 Å². The Labute approximate surface area is 262 Å². The van der Waals surface area contributed by atoms with Gasteiger partial charge in [0, 0.05) is 12.5 Å². The molecule has 24 heteroatoms. The van der Waals surface area contributed by atoms with Gasteiger partial charge in [-0.25, -0.2) is 29.1 Å². The van der Waals surface area contributed by atoms with Gasteiger partial charge in [0.1, 0.15) is 42.4 Å². The van der Waals surface area contributed by atoms with Crippen LogP contribution in [0.2, 0.25) is 0 Å². The monoisotopic (exact) mass is 698 g/mol. The molecular formula is C23H28N10O12P2. The number of nitrogens with one attached hydrogen (secondary N) is 1. The summed E-state index contributed by atoms with van der Waals surface area (Å²) in [6.07, 6.45) is -2.43. The first-order valence-corrected chi connectivity index (χ1v) is 17.2. The number of aromatic nitrogens is 8. The van der Waals surface area contributed by atoms with E-state index in [2.05, 4.69) is 29.9 Å². The Morgan fingerprint density at radius 1 is 1.15 bits per heavy atom. The molecule has 4 aliphatic rings. The molecule has 0 bridgehead atoms. The zero-order valence-electron chi connectivity index (χ0n) is 24.2. The molecule has 11 atom stereocenters. The number of imidazole rings is 2. The number of anilines is 2. The van der Waals surface area contributed by atoms with Crippen molar-refractivity contribution in [1.29, 1.82) is 0 Å². The molecule has 8 N–H and O–H groups in total. The van der Waals surface area contributed by atoms with Gasteiger partial charge in [0.15, 0.2) is 28.9 Å². The van der Waals surface area contributed by atoms with E-state index in [1.165, 1.54) is 30.7 Å². The van der Waals surface area contributed by atoms with E-state index in [9.17, 15) is 28.8 Å². The van der Waals surface area contributed by atoms with Crippen LogP contribution in [0.3, 0.4) is 0 Å². The number of aliphatic hydroxyl groups is 1. The highest BCUT2D eigenvalue weighted by molar-refractivity contribution is 7.47. The molecule has 2 unspecified atom stereocenters. The van der Waals surface area contributed by atoms with Crippen LogP contribution in [0, 0.1) is 11.3 Å². The second-order valence-corrected chi connectivity index (χ2v) is 14.5. The molecule has 2 aliphatic carbocycles. The van der Waals surface area contributed by atoms with Crippen molar-refractivity contribution in [2.24, 2.45) is 11.3 Å². The number of hydrogen-bond acceptors (Lipinski definition) is 17. The second-order valence-electron chi connectivity index (χ2n) is 11.7. The van der Waals surface area contributed by atoms with Crippen molar-refractivity contribution in [2.75, 3.05) is 31.8 Å². The Balaban J connectivity index is 1.07. The van der Waals surface area contributed by atoms with Crippen molar-refractivity contribution in [3.05, 3.63) is 29.3 Å². The van der Waals surface area contributed by atoms with Crippen molar-refractivity contribution < 1.29 is 51.6 Å². The number of aliphatic hydroxyl groups excluding tert-OH is 1. The van der Waals surface area contributed by atoms with Crippen molar-refractivity contribution in [3.8, 4) is 0 Å². The molecule has 4 fully saturated rings. The Morgan fingerprint density at radius 2 is 1.91 bits per heavy atom. The lowest BCUT2D eigenvalue weighted by atomic mass is 10.0. The van der Waals surface area contributed by atoms with Crippen LogP contribution in [0.4, 0.5) is 11.8 Å². The molecule has 0 aromatic carbocycles. The van der Waals surface area contributed by atoms with E-state index < -0.39 is 82.6 Å². The standard InChI is InChI=1S/C23H28N10O12P2/c1-40-13-9(3-34)42-21(33-7-29-11-19(33)30-22(25)31-20(11)35)15(13)44-46(36,37)41-4-23-2-8(23)12(14-16(23)45-47(38,39)43-14)32-6-28-10-17(24)26-5-27-18(10)32/h5-9,12-16,21,34H,2-4H2,1H3,(H,36,37)(H,38,39)(H2,24,26,27)(H3,25,30,31,35)/t8-,9-,12-,13-,14+,15-,16+,21-,23-/m1/s1. The fourth-order valence-corrected chi connectivity index (χ4v) is 9.36. The number of phosphoric ester groups is 2. The largest absolute Gasteiger partial charge is 0.473 e. The SMILES string of the molecule is CO[C@H]1[C@@H](OP(=O)(O)OC[C@]23C[C@@H]2[C@@H](n2cnc4c(N)ncnc42)[C@@H]2OP(=O)(O)O[C@@H]23)[C@H](n2cnc3c(=O)[nH]c(N)nc32)O[C@@H]1CO. The summed E-state index contributed by atoms with van der Waals surface area (Å²) < 4.78 is 62.6. The van der Waals surface area contributed by atoms with Crippen LogP contribution in [-0.2, 0) is 36.7 Å². The topological polar surface area (TPSA) is 309 Å². The average molecular weight is 698 g/mol. The number of ether oxygens (including phenoxy) is 2. The van der Waals surface area contributed by atoms with Crippen LogP contribution in [0.15, 0.2) is 23.8 Å². The minimum atomic E-state index is -4.98. The number of hydrogen-bond donors (Lipinski definition) is 6. The minimum Gasteiger partial charge on any atom is -0.394 e. The smallest absolute Gasteiger partial charge is 0.394 e. The van der Waals surface area contributed by atoms with Gasteiger partial charge < -0.3 is 40.4 Å². The highest BCUT2D eigenvalue weighted by atomic mass is 31.2. The van der Waals surface area contributed by atoms with E-state index in [4.69, 9.17) is 39.0 Å². The number of phosphoric acid groups is 2. The number of nitrogens with two attached hydrogens (primary N) is 2. The molecular weight excluding hydrogens is 670 g/mol. The summed E-state index contributed by atoms with van der Waals surface area (Å²) in [5, 5.41) is 9.97. The van der Waals surface area contributed by atoms with Gasteiger partial charge in [0.05, 0.1) is 31.9 Å². The maximum atomic E-state index is 13.6. The van der Waals surface area contributed by atoms with Gasteiger partial charge in [-0.15, -0.1) is 0 Å². The molecule has 2 aliphatic heterocycles. The number of rotatable bonds is 9. The van der Waals surface area contributed by atoms with Crippen molar-refractivity contribution in [1.82, 2.24) is 39.0 Å². The van der Waals surface area contributed by atoms with E-state index >= 15 is 0 Å². The fraction of sp³-hybridized carbons (Fsp3) is 0.565. The summed E-state index contributed by atoms with van der Waals surface area (Å²) in [5.41, 5.74) is 10.6. The Kier molecular flexibility index (Phi) is 6.94. The lowest BCUT2D eigenvalue weighted by Gasteiger charge is -2.27. The summed E-state index contributed by atoms with van der Waals surface area (Å²) in [6, 6.07) is -0.613. The first kappa shape index (κ1) is 30.9. The highest BCUT2D eigenvalue weighted by Crippen LogP contribution is 2.76. The fourth-order valence-electron chi connectivity index (χ4n) is 7.16. The normalized spacial score (nSPS) is 37.4. The van der Waals surface area contributed by atoms with Gasteiger partial charge in [0.2, 0.25) is 5.95 Å². The third-order valence-electron chi connectivity index (χ3n) is 9.22. The van der Waals surface area contributed by atoms with Crippen LogP contribution in [-0.4, -0.2) is 105 Å². The van der Waals surface area contributed by atoms with Crippen LogP contribution < -0.4 is 17.0 Å². The molecule has 0 spiro atoms. The molecule has 47 heavy (non-hydrogen) atoms. The summed E-state index contributed by atoms with van der Waals surface area (Å²) in [7, 11) is -8.16. The Morgan fingerprint density at radius 3 is 2.68 bits per heavy atom. The number of nitrogen functional groups attached to an aromatic ring is 2. The summed E-state index contributed by atoms with van der Waals surface area (Å²) in [6.45, 7) is -0.988. The molecule has 252 valence electrons. The summed E-state index contributed by atoms with van der Waals surface area (Å²) in [5.74, 6) is -0.383. The molecule has 22 nitrogen and oxygen atoms in total. The number of fused-ring (bicyclic) bond motifs is 5. The highest BCUT2D eigenvalue weighted by Gasteiger charge is 2.77. The number of methoxy groups -OCH3 is 1. The molecule has 0 amide bonds. The van der Waals surface area contributed by atoms with Crippen molar-refractivity contribution >= 4 is 49.7 Å². The lowest BCUT2D eigenvalue weighted by molar-refractivity contribution is -0.0539. The van der Waals surface area contributed by atoms with Gasteiger partial charge in [0.25, 0.3) is 5.56 Å². The molecule has 0 radical (unpaired) electrons. The molecule has 4 aromatic heterocycles. The quantitative estimate of drug-likeness (QED) is 0.114. The molecule has 2 saturated carbocycles.